The Morgan fingerprint density at radius 2 is 1.01 bits per heavy atom. The number of carbonyl (C=O) groups is 1. The first-order valence-electron chi connectivity index (χ1n) is 27.8. The van der Waals surface area contributed by atoms with E-state index in [0.29, 0.717) is 79.9 Å². The van der Waals surface area contributed by atoms with Crippen LogP contribution in [0.2, 0.25) is 20.1 Å². The summed E-state index contributed by atoms with van der Waals surface area (Å²) in [5.74, 6) is 3.66. The predicted molar refractivity (Wildman–Crippen MR) is 314 cm³/mol. The second-order valence-corrected chi connectivity index (χ2v) is 26.5. The summed E-state index contributed by atoms with van der Waals surface area (Å²) in [7, 11) is 0. The molecule has 414 valence electrons. The second-order valence-electron chi connectivity index (χ2n) is 24.0. The molecular weight excluding hydrogens is 1140 g/mol. The van der Waals surface area contributed by atoms with Crippen LogP contribution in [0.1, 0.15) is 156 Å². The molecule has 0 aliphatic heterocycles. The van der Waals surface area contributed by atoms with E-state index >= 15 is 0 Å². The van der Waals surface area contributed by atoms with Crippen LogP contribution in [0.25, 0.3) is 32.2 Å². The van der Waals surface area contributed by atoms with Crippen LogP contribution in [0.4, 0.5) is 0 Å². The van der Waals surface area contributed by atoms with Crippen molar-refractivity contribution in [3.05, 3.63) is 172 Å². The summed E-state index contributed by atoms with van der Waals surface area (Å²) >= 11 is 29.3. The van der Waals surface area contributed by atoms with Crippen LogP contribution >= 0.6 is 62.3 Å². The third-order valence-corrected chi connectivity index (χ3v) is 18.7. The molecule has 1 N–H and O–H groups in total. The second kappa shape index (κ2) is 24.1. The number of ketones is 1. The predicted octanol–water partition coefficient (Wildman–Crippen LogP) is 17.8. The number of aliphatic hydroxyl groups is 1. The molecule has 79 heavy (non-hydrogen) atoms. The molecule has 0 amide bonds. The summed E-state index contributed by atoms with van der Waals surface area (Å²) in [6.07, 6.45) is 13.3. The number of halogens is 5. The van der Waals surface area contributed by atoms with Crippen molar-refractivity contribution in [1.82, 2.24) is 10.3 Å². The average molecular weight is 1210 g/mol. The van der Waals surface area contributed by atoms with Gasteiger partial charge in [0.1, 0.15) is 28.7 Å². The van der Waals surface area contributed by atoms with Gasteiger partial charge in [0.15, 0.2) is 0 Å². The van der Waals surface area contributed by atoms with Gasteiger partial charge in [0.2, 0.25) is 11.1 Å². The van der Waals surface area contributed by atoms with Gasteiger partial charge in [-0.15, -0.1) is 0 Å². The Kier molecular flexibility index (Phi) is 17.6. The maximum atomic E-state index is 12.1. The van der Waals surface area contributed by atoms with E-state index in [2.05, 4.69) is 66.3 Å². The molecule has 0 saturated heterocycles. The highest BCUT2D eigenvalue weighted by atomic mass is 79.9. The summed E-state index contributed by atoms with van der Waals surface area (Å²) < 4.78 is 25.4. The van der Waals surface area contributed by atoms with Gasteiger partial charge >= 0.3 is 0 Å². The zero-order valence-corrected chi connectivity index (χ0v) is 49.8. The third-order valence-electron chi connectivity index (χ3n) is 17.0. The standard InChI is InChI=1S/C32H34Cl2N2O3.C21H21Cl2NO3.C11H12BrN/c1-31(2,35-3)17-19-6-4-7-21(14-19)32(37)22-12-13-23(32)16-24(15-22)38-18-25-29(36-39-30(25)20-10-11-20)28-26(33)8-5-9-27(28)34;22-16-2-1-3-17(23)18(16)19-15(21(27-24-19)11-4-5-11)10-26-14-8-12-6-7-13(9-14)20(12)25;1-11(2,13-3)8-9-5-4-6-10(12)7-9/h4-9,14,20,22-24,37H,10-13,15-18H2,1-2H3;1-3,11-14H,4-10H2;4-7H,8H2,1-2H3/t22-,23+,24?,32?;12-,13+,14?;. The Morgan fingerprint density at radius 1 is 0.608 bits per heavy atom. The summed E-state index contributed by atoms with van der Waals surface area (Å²) in [6.45, 7) is 23.2. The van der Waals surface area contributed by atoms with Crippen molar-refractivity contribution in [3.8, 4) is 22.5 Å². The van der Waals surface area contributed by atoms with Crippen LogP contribution in [0.5, 0.6) is 0 Å². The largest absolute Gasteiger partial charge is 0.385 e. The number of aromatic nitrogens is 2. The van der Waals surface area contributed by atoms with Gasteiger partial charge in [0, 0.05) is 78.1 Å². The molecule has 4 aromatic carbocycles. The van der Waals surface area contributed by atoms with Crippen molar-refractivity contribution in [3.63, 3.8) is 0 Å². The van der Waals surface area contributed by atoms with Gasteiger partial charge in [0.05, 0.1) is 64.0 Å². The van der Waals surface area contributed by atoms with Crippen molar-refractivity contribution in [1.29, 1.82) is 0 Å². The highest BCUT2D eigenvalue weighted by Gasteiger charge is 2.55. The number of fused-ring (bicyclic) bond motifs is 4. The highest BCUT2D eigenvalue weighted by Crippen LogP contribution is 2.56. The molecule has 6 aliphatic rings. The van der Waals surface area contributed by atoms with Crippen LogP contribution in [-0.4, -0.2) is 44.5 Å². The topological polar surface area (TPSA) is 117 Å². The maximum absolute atomic E-state index is 12.1. The molecule has 15 heteroatoms. The zero-order chi connectivity index (χ0) is 55.8. The van der Waals surface area contributed by atoms with Crippen molar-refractivity contribution in [2.24, 2.45) is 23.7 Å². The van der Waals surface area contributed by atoms with Gasteiger partial charge in [-0.2, -0.15) is 0 Å². The summed E-state index contributed by atoms with van der Waals surface area (Å²) in [5.41, 5.74) is 6.32. The number of nitrogens with zero attached hydrogens (tertiary/aromatic N) is 4. The molecule has 6 aromatic rings. The van der Waals surface area contributed by atoms with E-state index in [-0.39, 0.29) is 41.4 Å². The molecule has 6 fully saturated rings. The molecule has 2 aromatic heterocycles. The Morgan fingerprint density at radius 3 is 1.44 bits per heavy atom. The normalized spacial score (nSPS) is 24.2. The first-order valence-corrected chi connectivity index (χ1v) is 30.1. The van der Waals surface area contributed by atoms with E-state index in [1.165, 1.54) is 5.56 Å². The Balaban J connectivity index is 0.000000151. The summed E-state index contributed by atoms with van der Waals surface area (Å²) in [4.78, 5) is 19.5. The van der Waals surface area contributed by atoms with Crippen LogP contribution in [0.3, 0.4) is 0 Å². The minimum Gasteiger partial charge on any atom is -0.385 e. The molecule has 10 nitrogen and oxygen atoms in total. The molecule has 0 spiro atoms. The van der Waals surface area contributed by atoms with Crippen molar-refractivity contribution in [2.75, 3.05) is 0 Å². The average Bonchev–Trinajstić information content (AvgIpc) is 4.55. The van der Waals surface area contributed by atoms with E-state index in [4.69, 9.17) is 78.1 Å². The number of hydrogen-bond donors (Lipinski definition) is 1. The van der Waals surface area contributed by atoms with Gasteiger partial charge in [-0.05, 0) is 142 Å². The third kappa shape index (κ3) is 13.1. The number of Topliss-reactive ketones (excluding diaryl/α,β-unsaturated/α-hetero) is 1. The zero-order valence-electron chi connectivity index (χ0n) is 45.2. The summed E-state index contributed by atoms with van der Waals surface area (Å²) in [6, 6.07) is 27.3. The van der Waals surface area contributed by atoms with E-state index in [9.17, 15) is 9.90 Å². The van der Waals surface area contributed by atoms with Gasteiger partial charge in [0.25, 0.3) is 0 Å². The minimum atomic E-state index is -0.856. The van der Waals surface area contributed by atoms with E-state index in [0.717, 1.165) is 122 Å². The molecule has 6 saturated carbocycles. The maximum Gasteiger partial charge on any atom is 0.231 e. The number of carbonyl (C=O) groups excluding carboxylic acids is 1. The molecule has 4 bridgehead atoms. The first kappa shape index (κ1) is 57.7. The van der Waals surface area contributed by atoms with Gasteiger partial charge in [-0.25, -0.2) is 13.1 Å². The fourth-order valence-electron chi connectivity index (χ4n) is 12.6. The quantitative estimate of drug-likeness (QED) is 0.101. The van der Waals surface area contributed by atoms with Gasteiger partial charge < -0.3 is 33.3 Å². The molecule has 12 rings (SSSR count). The smallest absolute Gasteiger partial charge is 0.231 e. The first-order chi connectivity index (χ1) is 37.8. The van der Waals surface area contributed by atoms with Crippen molar-refractivity contribution >= 4 is 68.1 Å². The highest BCUT2D eigenvalue weighted by molar-refractivity contribution is 9.10. The van der Waals surface area contributed by atoms with Crippen LogP contribution in [0.15, 0.2) is 98.4 Å². The lowest BCUT2D eigenvalue weighted by Crippen LogP contribution is -2.44. The van der Waals surface area contributed by atoms with Gasteiger partial charge in [-0.3, -0.25) is 4.79 Å². The Hall–Kier alpha value is -4.53. The monoisotopic (exact) mass is 1210 g/mol. The fraction of sp³-hybridized carbons (Fsp3) is 0.484. The lowest BCUT2D eigenvalue weighted by molar-refractivity contribution is -0.130. The number of rotatable bonds is 15. The number of ether oxygens (including phenoxy) is 2. The summed E-state index contributed by atoms with van der Waals surface area (Å²) in [5, 5.41) is 23.0. The number of benzene rings is 4. The van der Waals surface area contributed by atoms with Crippen LogP contribution in [-0.2, 0) is 45.9 Å². The van der Waals surface area contributed by atoms with Gasteiger partial charge in [-0.1, -0.05) is 121 Å². The van der Waals surface area contributed by atoms with E-state index in [1.54, 1.807) is 0 Å². The van der Waals surface area contributed by atoms with Crippen LogP contribution < -0.4 is 0 Å². The Bertz CT molecular complexity index is 3210. The lowest BCUT2D eigenvalue weighted by atomic mass is 9.69. The lowest BCUT2D eigenvalue weighted by Gasteiger charge is -2.43. The van der Waals surface area contributed by atoms with Crippen molar-refractivity contribution in [2.45, 2.75) is 172 Å². The molecule has 6 aliphatic carbocycles. The SMILES string of the molecule is O=C1[C@@H]2CC[C@H]1CC(OCc1c(-c3c(Cl)cccc3Cl)noc1C1CC1)C2.[C-]#[N+]C(C)(C)Cc1cccc(Br)c1.[C-]#[N+]C(C)(C)Cc1cccc(C2(O)[C@@H]3CC[C@H]2CC(OCc2c(-c4c(Cl)cccc4Cl)noc2C2CC2)C3)c1. The molecular formula is C64H67BrCl4N4O6. The van der Waals surface area contributed by atoms with Crippen LogP contribution in [0, 0.1) is 36.8 Å². The molecule has 3 unspecified atom stereocenters. The minimum absolute atomic E-state index is 0.0449. The molecule has 0 radical (unpaired) electrons. The Labute approximate surface area is 493 Å². The van der Waals surface area contributed by atoms with Crippen molar-refractivity contribution < 1.29 is 28.4 Å². The molecule has 2 heterocycles. The van der Waals surface area contributed by atoms with E-state index in [1.807, 2.05) is 82.3 Å². The van der Waals surface area contributed by atoms with E-state index < -0.39 is 11.1 Å². The fourth-order valence-corrected chi connectivity index (χ4v) is 14.2. The number of hydrogen-bond acceptors (Lipinski definition) is 8. The molecule has 7 atom stereocenters.